The summed E-state index contributed by atoms with van der Waals surface area (Å²) < 4.78 is 2.75. The monoisotopic (exact) mass is 296 g/mol. The Kier molecular flexibility index (Phi) is 3.85. The van der Waals surface area contributed by atoms with Crippen molar-refractivity contribution in [3.63, 3.8) is 0 Å². The summed E-state index contributed by atoms with van der Waals surface area (Å²) in [6.45, 7) is 7.63. The molecule has 2 aromatic heterocycles. The highest BCUT2D eigenvalue weighted by Gasteiger charge is 2.17. The van der Waals surface area contributed by atoms with Crippen LogP contribution in [0.2, 0.25) is 5.15 Å². The van der Waals surface area contributed by atoms with E-state index < -0.39 is 11.2 Å². The van der Waals surface area contributed by atoms with Gasteiger partial charge in [-0.1, -0.05) is 25.4 Å². The summed E-state index contributed by atoms with van der Waals surface area (Å²) in [5.74, 6) is -0.0850. The second-order valence-corrected chi connectivity index (χ2v) is 5.60. The van der Waals surface area contributed by atoms with E-state index >= 15 is 0 Å². The Morgan fingerprint density at radius 3 is 2.40 bits per heavy atom. The lowest BCUT2D eigenvalue weighted by atomic mass is 10.1. The first-order valence-electron chi connectivity index (χ1n) is 6.42. The van der Waals surface area contributed by atoms with Gasteiger partial charge >= 0.3 is 5.69 Å². The second kappa shape index (κ2) is 5.28. The van der Waals surface area contributed by atoms with Crippen LogP contribution in [0.1, 0.15) is 45.2 Å². The highest BCUT2D eigenvalue weighted by molar-refractivity contribution is 6.30. The van der Waals surface area contributed by atoms with Crippen molar-refractivity contribution in [2.45, 2.75) is 39.7 Å². The van der Waals surface area contributed by atoms with Crippen molar-refractivity contribution < 1.29 is 0 Å². The summed E-state index contributed by atoms with van der Waals surface area (Å²) >= 11 is 5.96. The van der Waals surface area contributed by atoms with Gasteiger partial charge in [0.25, 0.3) is 5.56 Å². The number of nitrogens with zero attached hydrogens (tertiary/aromatic N) is 3. The van der Waals surface area contributed by atoms with Gasteiger partial charge in [0.2, 0.25) is 0 Å². The summed E-state index contributed by atoms with van der Waals surface area (Å²) in [5, 5.41) is 4.24. The number of aromatic nitrogens is 4. The summed E-state index contributed by atoms with van der Waals surface area (Å²) in [7, 11) is 0. The molecule has 0 unspecified atom stereocenters. The zero-order valence-corrected chi connectivity index (χ0v) is 12.6. The number of aromatic amines is 1. The van der Waals surface area contributed by atoms with E-state index in [0.29, 0.717) is 11.3 Å². The van der Waals surface area contributed by atoms with Crippen molar-refractivity contribution in [1.29, 1.82) is 0 Å². The SMILES string of the molecule is CC(C)c1c(Cl)[nH]c(=O)n(-c2cnn(C(C)C)c2)c1=O. The van der Waals surface area contributed by atoms with E-state index in [4.69, 9.17) is 11.6 Å². The van der Waals surface area contributed by atoms with E-state index in [-0.39, 0.29) is 17.1 Å². The lowest BCUT2D eigenvalue weighted by Gasteiger charge is -2.10. The van der Waals surface area contributed by atoms with Crippen LogP contribution in [-0.4, -0.2) is 19.3 Å². The highest BCUT2D eigenvalue weighted by Crippen LogP contribution is 2.17. The van der Waals surface area contributed by atoms with Gasteiger partial charge in [0.1, 0.15) is 5.15 Å². The molecule has 2 rings (SSSR count). The lowest BCUT2D eigenvalue weighted by Crippen LogP contribution is -2.36. The molecule has 2 heterocycles. The molecule has 7 heteroatoms. The molecule has 0 aromatic carbocycles. The molecule has 108 valence electrons. The van der Waals surface area contributed by atoms with Gasteiger partial charge in [-0.2, -0.15) is 5.10 Å². The molecule has 0 bridgehead atoms. The average molecular weight is 297 g/mol. The Balaban J connectivity index is 2.71. The molecule has 0 saturated carbocycles. The summed E-state index contributed by atoms with van der Waals surface area (Å²) in [6.07, 6.45) is 3.16. The van der Waals surface area contributed by atoms with Gasteiger partial charge in [0.15, 0.2) is 0 Å². The van der Waals surface area contributed by atoms with E-state index in [1.807, 2.05) is 27.7 Å². The van der Waals surface area contributed by atoms with Crippen molar-refractivity contribution in [1.82, 2.24) is 19.3 Å². The molecule has 0 aliphatic rings. The number of hydrogen-bond donors (Lipinski definition) is 1. The average Bonchev–Trinajstić information content (AvgIpc) is 2.76. The molecular formula is C13H17ClN4O2. The van der Waals surface area contributed by atoms with Crippen LogP contribution >= 0.6 is 11.6 Å². The molecule has 0 amide bonds. The molecule has 0 aliphatic carbocycles. The van der Waals surface area contributed by atoms with Crippen LogP contribution in [0, 0.1) is 0 Å². The number of halogens is 1. The predicted molar refractivity (Wildman–Crippen MR) is 77.9 cm³/mol. The van der Waals surface area contributed by atoms with Crippen LogP contribution in [0.4, 0.5) is 0 Å². The summed E-state index contributed by atoms with van der Waals surface area (Å²) in [4.78, 5) is 27.0. The largest absolute Gasteiger partial charge is 0.334 e. The number of nitrogens with one attached hydrogen (secondary N) is 1. The fraction of sp³-hybridized carbons (Fsp3) is 0.462. The van der Waals surface area contributed by atoms with Crippen LogP contribution in [0.15, 0.2) is 22.0 Å². The minimum absolute atomic E-state index is 0.0850. The standard InChI is InChI=1S/C13H17ClN4O2/c1-7(2)10-11(14)16-13(20)18(12(10)19)9-5-15-17(6-9)8(3)4/h5-8H,1-4H3,(H,16,20). The van der Waals surface area contributed by atoms with Crippen molar-refractivity contribution in [3.8, 4) is 5.69 Å². The predicted octanol–water partition coefficient (Wildman–Crippen LogP) is 2.08. The molecule has 0 atom stereocenters. The first kappa shape index (κ1) is 14.6. The smallest absolute Gasteiger partial charge is 0.297 e. The molecular weight excluding hydrogens is 280 g/mol. The van der Waals surface area contributed by atoms with Gasteiger partial charge in [-0.25, -0.2) is 9.36 Å². The van der Waals surface area contributed by atoms with E-state index in [1.165, 1.54) is 6.20 Å². The van der Waals surface area contributed by atoms with Gasteiger partial charge in [-0.15, -0.1) is 0 Å². The maximum Gasteiger partial charge on any atom is 0.334 e. The third-order valence-corrected chi connectivity index (χ3v) is 3.34. The molecule has 0 aliphatic heterocycles. The third kappa shape index (κ3) is 2.43. The van der Waals surface area contributed by atoms with Crippen LogP contribution in [0.5, 0.6) is 0 Å². The van der Waals surface area contributed by atoms with Gasteiger partial charge in [0.05, 0.1) is 17.4 Å². The topological polar surface area (TPSA) is 72.7 Å². The minimum atomic E-state index is -0.562. The number of hydrogen-bond acceptors (Lipinski definition) is 3. The van der Waals surface area contributed by atoms with Crippen molar-refractivity contribution >= 4 is 11.6 Å². The van der Waals surface area contributed by atoms with Crippen LogP contribution < -0.4 is 11.2 Å². The third-order valence-electron chi connectivity index (χ3n) is 3.04. The van der Waals surface area contributed by atoms with E-state index in [1.54, 1.807) is 10.9 Å². The summed E-state index contributed by atoms with van der Waals surface area (Å²) in [5.41, 5.74) is -0.142. The summed E-state index contributed by atoms with van der Waals surface area (Å²) in [6, 6.07) is 0.149. The van der Waals surface area contributed by atoms with Crippen molar-refractivity contribution in [3.05, 3.63) is 43.9 Å². The van der Waals surface area contributed by atoms with E-state index in [9.17, 15) is 9.59 Å². The maximum atomic E-state index is 12.5. The van der Waals surface area contributed by atoms with Gasteiger partial charge in [-0.05, 0) is 19.8 Å². The Labute approximate surface area is 121 Å². The van der Waals surface area contributed by atoms with Crippen molar-refractivity contribution in [2.75, 3.05) is 0 Å². The van der Waals surface area contributed by atoms with Crippen LogP contribution in [-0.2, 0) is 0 Å². The maximum absolute atomic E-state index is 12.5. The first-order valence-corrected chi connectivity index (χ1v) is 6.80. The van der Waals surface area contributed by atoms with Crippen molar-refractivity contribution in [2.24, 2.45) is 0 Å². The Morgan fingerprint density at radius 1 is 1.25 bits per heavy atom. The Bertz CT molecular complexity index is 740. The molecule has 6 nitrogen and oxygen atoms in total. The Hall–Kier alpha value is -1.82. The fourth-order valence-corrected chi connectivity index (χ4v) is 2.36. The van der Waals surface area contributed by atoms with E-state index in [2.05, 4.69) is 10.1 Å². The molecule has 0 radical (unpaired) electrons. The minimum Gasteiger partial charge on any atom is -0.297 e. The highest BCUT2D eigenvalue weighted by atomic mass is 35.5. The van der Waals surface area contributed by atoms with Gasteiger partial charge in [0, 0.05) is 12.2 Å². The fourth-order valence-electron chi connectivity index (χ4n) is 1.98. The molecule has 2 aromatic rings. The number of H-pyrrole nitrogens is 1. The van der Waals surface area contributed by atoms with E-state index in [0.717, 1.165) is 4.57 Å². The molecule has 0 spiro atoms. The quantitative estimate of drug-likeness (QED) is 0.881. The van der Waals surface area contributed by atoms with Crippen LogP contribution in [0.3, 0.4) is 0 Å². The second-order valence-electron chi connectivity index (χ2n) is 5.23. The van der Waals surface area contributed by atoms with Crippen LogP contribution in [0.25, 0.3) is 5.69 Å². The lowest BCUT2D eigenvalue weighted by molar-refractivity contribution is 0.532. The molecule has 0 saturated heterocycles. The molecule has 20 heavy (non-hydrogen) atoms. The zero-order valence-electron chi connectivity index (χ0n) is 11.8. The Morgan fingerprint density at radius 2 is 1.90 bits per heavy atom. The number of rotatable bonds is 3. The molecule has 1 N–H and O–H groups in total. The normalized spacial score (nSPS) is 11.6. The first-order chi connectivity index (χ1) is 9.32. The zero-order chi connectivity index (χ0) is 15.0. The molecule has 0 fully saturated rings. The van der Waals surface area contributed by atoms with Gasteiger partial charge in [-0.3, -0.25) is 14.5 Å². The van der Waals surface area contributed by atoms with Gasteiger partial charge < -0.3 is 0 Å².